The van der Waals surface area contributed by atoms with E-state index >= 15 is 0 Å². The van der Waals surface area contributed by atoms with Crippen LogP contribution in [0.1, 0.15) is 17.1 Å². The van der Waals surface area contributed by atoms with Crippen molar-refractivity contribution in [3.8, 4) is 5.75 Å². The van der Waals surface area contributed by atoms with Gasteiger partial charge in [-0.15, -0.1) is 0 Å². The van der Waals surface area contributed by atoms with Crippen LogP contribution in [0.2, 0.25) is 5.02 Å². The van der Waals surface area contributed by atoms with Crippen molar-refractivity contribution < 1.29 is 4.74 Å². The van der Waals surface area contributed by atoms with E-state index in [9.17, 15) is 0 Å². The first kappa shape index (κ1) is 12.9. The summed E-state index contributed by atoms with van der Waals surface area (Å²) in [4.78, 5) is 4.37. The number of nitrogens with zero attached hydrogens (tertiary/aromatic N) is 2. The molecule has 1 heterocycles. The molecule has 0 unspecified atom stereocenters. The lowest BCUT2D eigenvalue weighted by Crippen LogP contribution is -2.03. The van der Waals surface area contributed by atoms with Crippen molar-refractivity contribution in [2.75, 3.05) is 0 Å². The molecule has 18 heavy (non-hydrogen) atoms. The van der Waals surface area contributed by atoms with Gasteiger partial charge in [-0.25, -0.2) is 4.98 Å². The van der Waals surface area contributed by atoms with Crippen LogP contribution >= 0.6 is 11.6 Å². The molecule has 0 saturated heterocycles. The molecule has 2 N–H and O–H groups in total. The molecule has 0 atom stereocenters. The van der Waals surface area contributed by atoms with Crippen LogP contribution < -0.4 is 10.5 Å². The van der Waals surface area contributed by atoms with Crippen LogP contribution in [0.3, 0.4) is 0 Å². The first-order valence-corrected chi connectivity index (χ1v) is 6.08. The third kappa shape index (κ3) is 2.83. The fraction of sp³-hybridized carbons (Fsp3) is 0.308. The van der Waals surface area contributed by atoms with Crippen molar-refractivity contribution in [1.29, 1.82) is 0 Å². The Morgan fingerprint density at radius 3 is 2.83 bits per heavy atom. The number of ether oxygens (including phenoxy) is 1. The number of rotatable bonds is 4. The lowest BCUT2D eigenvalue weighted by molar-refractivity contribution is 0.291. The largest absolute Gasteiger partial charge is 0.486 e. The highest BCUT2D eigenvalue weighted by molar-refractivity contribution is 6.31. The number of aryl methyl sites for hydroxylation is 2. The van der Waals surface area contributed by atoms with Gasteiger partial charge in [0.2, 0.25) is 0 Å². The highest BCUT2D eigenvalue weighted by Gasteiger charge is 2.05. The molecule has 0 radical (unpaired) electrons. The Balaban J connectivity index is 2.06. The minimum Gasteiger partial charge on any atom is -0.486 e. The summed E-state index contributed by atoms with van der Waals surface area (Å²) < 4.78 is 7.61. The second-order valence-corrected chi connectivity index (χ2v) is 4.57. The van der Waals surface area contributed by atoms with Crippen LogP contribution in [0.4, 0.5) is 0 Å². The second kappa shape index (κ2) is 5.42. The highest BCUT2D eigenvalue weighted by Crippen LogP contribution is 2.21. The van der Waals surface area contributed by atoms with Gasteiger partial charge in [0, 0.05) is 24.8 Å². The number of aromatic nitrogens is 2. The first-order valence-electron chi connectivity index (χ1n) is 5.70. The number of hydrogen-bond donors (Lipinski definition) is 1. The molecule has 0 aliphatic rings. The minimum absolute atomic E-state index is 0.414. The molecule has 5 heteroatoms. The van der Waals surface area contributed by atoms with Gasteiger partial charge < -0.3 is 15.0 Å². The van der Waals surface area contributed by atoms with Gasteiger partial charge >= 0.3 is 0 Å². The monoisotopic (exact) mass is 265 g/mol. The summed E-state index contributed by atoms with van der Waals surface area (Å²) in [6.07, 6.45) is 1.91. The third-order valence-corrected chi connectivity index (χ3v) is 3.15. The molecular formula is C13H16ClN3O. The van der Waals surface area contributed by atoms with Crippen LogP contribution in [0.5, 0.6) is 5.75 Å². The molecule has 96 valence electrons. The topological polar surface area (TPSA) is 53.1 Å². The van der Waals surface area contributed by atoms with Crippen LogP contribution in [0.25, 0.3) is 0 Å². The molecular weight excluding hydrogens is 250 g/mol. The summed E-state index contributed by atoms with van der Waals surface area (Å²) in [7, 11) is 1.93. The maximum Gasteiger partial charge on any atom is 0.146 e. The fourth-order valence-corrected chi connectivity index (χ4v) is 1.78. The average Bonchev–Trinajstić information content (AvgIpc) is 2.72. The highest BCUT2D eigenvalue weighted by atomic mass is 35.5. The molecule has 0 bridgehead atoms. The average molecular weight is 266 g/mol. The molecule has 2 rings (SSSR count). The zero-order chi connectivity index (χ0) is 13.1. The Morgan fingerprint density at radius 2 is 2.22 bits per heavy atom. The van der Waals surface area contributed by atoms with Gasteiger partial charge in [0.25, 0.3) is 0 Å². The predicted octanol–water partition coefficient (Wildman–Crippen LogP) is 2.42. The molecule has 0 saturated carbocycles. The molecule has 0 amide bonds. The van der Waals surface area contributed by atoms with Gasteiger partial charge in [-0.05, 0) is 30.7 Å². The number of benzene rings is 1. The molecule has 2 aromatic rings. The summed E-state index contributed by atoms with van der Waals surface area (Å²) in [5.74, 6) is 1.64. The van der Waals surface area contributed by atoms with E-state index in [1.807, 2.05) is 42.9 Å². The summed E-state index contributed by atoms with van der Waals surface area (Å²) in [6.45, 7) is 2.80. The molecule has 0 fully saturated rings. The van der Waals surface area contributed by atoms with Gasteiger partial charge in [0.1, 0.15) is 18.2 Å². The van der Waals surface area contributed by atoms with E-state index < -0.39 is 0 Å². The summed E-state index contributed by atoms with van der Waals surface area (Å²) in [6, 6.07) is 5.59. The van der Waals surface area contributed by atoms with Gasteiger partial charge in [0.15, 0.2) is 0 Å². The molecule has 0 aliphatic heterocycles. The summed E-state index contributed by atoms with van der Waals surface area (Å²) in [5.41, 5.74) is 7.41. The fourth-order valence-electron chi connectivity index (χ4n) is 1.66. The van der Waals surface area contributed by atoms with E-state index in [1.54, 1.807) is 0 Å². The quantitative estimate of drug-likeness (QED) is 0.924. The van der Waals surface area contributed by atoms with Crippen molar-refractivity contribution in [2.45, 2.75) is 20.1 Å². The van der Waals surface area contributed by atoms with Gasteiger partial charge in [-0.3, -0.25) is 0 Å². The Hall–Kier alpha value is -1.52. The van der Waals surface area contributed by atoms with Crippen molar-refractivity contribution in [3.63, 3.8) is 0 Å². The van der Waals surface area contributed by atoms with E-state index in [4.69, 9.17) is 22.1 Å². The SMILES string of the molecule is Cc1cc(OCc2nc(CN)cn2C)ccc1Cl. The zero-order valence-corrected chi connectivity index (χ0v) is 11.2. The Labute approximate surface area is 111 Å². The van der Waals surface area contributed by atoms with Crippen LogP contribution in [-0.4, -0.2) is 9.55 Å². The van der Waals surface area contributed by atoms with Gasteiger partial charge in [-0.1, -0.05) is 11.6 Å². The maximum atomic E-state index is 5.96. The van der Waals surface area contributed by atoms with Gasteiger partial charge in [-0.2, -0.15) is 0 Å². The van der Waals surface area contributed by atoms with E-state index in [0.717, 1.165) is 27.9 Å². The molecule has 4 nitrogen and oxygen atoms in total. The molecule has 0 spiro atoms. The molecule has 1 aromatic heterocycles. The standard InChI is InChI=1S/C13H16ClN3O/c1-9-5-11(3-4-12(9)14)18-8-13-16-10(6-15)7-17(13)2/h3-5,7H,6,8,15H2,1-2H3. The number of imidazole rings is 1. The van der Waals surface area contributed by atoms with E-state index in [-0.39, 0.29) is 0 Å². The van der Waals surface area contributed by atoms with Gasteiger partial charge in [0.05, 0.1) is 5.69 Å². The zero-order valence-electron chi connectivity index (χ0n) is 10.5. The lowest BCUT2D eigenvalue weighted by Gasteiger charge is -2.07. The number of halogens is 1. The van der Waals surface area contributed by atoms with Crippen LogP contribution in [0.15, 0.2) is 24.4 Å². The Morgan fingerprint density at radius 1 is 1.44 bits per heavy atom. The number of nitrogens with two attached hydrogens (primary N) is 1. The molecule has 1 aromatic carbocycles. The van der Waals surface area contributed by atoms with Crippen LogP contribution in [-0.2, 0) is 20.2 Å². The number of hydrogen-bond acceptors (Lipinski definition) is 3. The minimum atomic E-state index is 0.414. The van der Waals surface area contributed by atoms with Crippen molar-refractivity contribution in [1.82, 2.24) is 9.55 Å². The predicted molar refractivity (Wildman–Crippen MR) is 71.6 cm³/mol. The van der Waals surface area contributed by atoms with E-state index in [2.05, 4.69) is 4.98 Å². The summed E-state index contributed by atoms with van der Waals surface area (Å²) >= 11 is 5.96. The second-order valence-electron chi connectivity index (χ2n) is 4.16. The Kier molecular flexibility index (Phi) is 3.89. The first-order chi connectivity index (χ1) is 8.60. The van der Waals surface area contributed by atoms with E-state index in [1.165, 1.54) is 0 Å². The van der Waals surface area contributed by atoms with Crippen molar-refractivity contribution >= 4 is 11.6 Å². The lowest BCUT2D eigenvalue weighted by atomic mass is 10.2. The summed E-state index contributed by atoms with van der Waals surface area (Å²) in [5, 5.41) is 0.741. The third-order valence-electron chi connectivity index (χ3n) is 2.73. The normalized spacial score (nSPS) is 10.7. The van der Waals surface area contributed by atoms with Crippen LogP contribution in [0, 0.1) is 6.92 Å². The molecule has 0 aliphatic carbocycles. The maximum absolute atomic E-state index is 5.96. The van der Waals surface area contributed by atoms with Crippen molar-refractivity contribution in [2.24, 2.45) is 12.8 Å². The smallest absolute Gasteiger partial charge is 0.146 e. The van der Waals surface area contributed by atoms with E-state index in [0.29, 0.717) is 13.2 Å². The Bertz CT molecular complexity index is 551. The van der Waals surface area contributed by atoms with Crippen molar-refractivity contribution in [3.05, 3.63) is 46.5 Å².